The van der Waals surface area contributed by atoms with Crippen LogP contribution in [0.5, 0.6) is 0 Å². The van der Waals surface area contributed by atoms with Crippen LogP contribution in [0.3, 0.4) is 0 Å². The molecule has 0 fully saturated rings. The SMILES string of the molecule is CCCCCCCCCCCCCCCCCCCCCCCCCCCCCCCCCC(=O)OC(CO)COC(=O)CCCCCCCCCCCCCCCCCC. The number of aliphatic hydroxyl groups is 1. The van der Waals surface area contributed by atoms with Gasteiger partial charge in [0.05, 0.1) is 6.61 Å². The van der Waals surface area contributed by atoms with Crippen molar-refractivity contribution in [3.05, 3.63) is 0 Å². The van der Waals surface area contributed by atoms with E-state index >= 15 is 0 Å². The minimum atomic E-state index is -0.763. The van der Waals surface area contributed by atoms with Gasteiger partial charge in [-0.1, -0.05) is 303 Å². The van der Waals surface area contributed by atoms with Crippen molar-refractivity contribution in [3.8, 4) is 0 Å². The summed E-state index contributed by atoms with van der Waals surface area (Å²) in [5.74, 6) is -0.565. The van der Waals surface area contributed by atoms with Gasteiger partial charge in [0, 0.05) is 12.8 Å². The molecule has 0 aromatic carbocycles. The summed E-state index contributed by atoms with van der Waals surface area (Å²) >= 11 is 0. The van der Waals surface area contributed by atoms with Crippen molar-refractivity contribution in [2.24, 2.45) is 0 Å². The molecule has 0 aliphatic rings. The molecule has 1 atom stereocenters. The monoisotopic (exact) mass is 863 g/mol. The molecule has 5 nitrogen and oxygen atoms in total. The Bertz CT molecular complexity index is 845. The van der Waals surface area contributed by atoms with Crippen LogP contribution >= 0.6 is 0 Å². The molecule has 0 aliphatic carbocycles. The van der Waals surface area contributed by atoms with Gasteiger partial charge in [0.2, 0.25) is 0 Å². The normalized spacial score (nSPS) is 12.0. The van der Waals surface area contributed by atoms with Crippen molar-refractivity contribution in [3.63, 3.8) is 0 Å². The first kappa shape index (κ1) is 59.9. The quantitative estimate of drug-likeness (QED) is 0.0487. The van der Waals surface area contributed by atoms with E-state index in [1.165, 1.54) is 270 Å². The Morgan fingerprint density at radius 3 is 0.721 bits per heavy atom. The van der Waals surface area contributed by atoms with Gasteiger partial charge in [-0.05, 0) is 12.8 Å². The summed E-state index contributed by atoms with van der Waals surface area (Å²) in [5.41, 5.74) is 0. The second kappa shape index (κ2) is 53.2. The lowest BCUT2D eigenvalue weighted by Gasteiger charge is -2.15. The van der Waals surface area contributed by atoms with Crippen molar-refractivity contribution >= 4 is 11.9 Å². The number of aliphatic hydroxyl groups excluding tert-OH is 1. The van der Waals surface area contributed by atoms with Gasteiger partial charge in [-0.3, -0.25) is 9.59 Å². The molecule has 0 aromatic rings. The third-order valence-corrected chi connectivity index (χ3v) is 13.2. The molecule has 0 aromatic heterocycles. The third-order valence-electron chi connectivity index (χ3n) is 13.2. The molecule has 0 radical (unpaired) electrons. The Morgan fingerprint density at radius 1 is 0.311 bits per heavy atom. The predicted octanol–water partition coefficient (Wildman–Crippen LogP) is 18.6. The highest BCUT2D eigenvalue weighted by Gasteiger charge is 2.16. The first-order valence-electron chi connectivity index (χ1n) is 28.1. The number of hydrogen-bond donors (Lipinski definition) is 1. The largest absolute Gasteiger partial charge is 0.462 e. The van der Waals surface area contributed by atoms with Gasteiger partial charge in [0.15, 0.2) is 6.10 Å². The molecule has 0 saturated heterocycles. The van der Waals surface area contributed by atoms with Crippen molar-refractivity contribution in [1.29, 1.82) is 0 Å². The van der Waals surface area contributed by atoms with Gasteiger partial charge in [-0.15, -0.1) is 0 Å². The molecule has 0 saturated carbocycles. The van der Waals surface area contributed by atoms with E-state index in [1.54, 1.807) is 0 Å². The van der Waals surface area contributed by atoms with E-state index in [9.17, 15) is 14.7 Å². The minimum absolute atomic E-state index is 0.0560. The maximum atomic E-state index is 12.3. The molecule has 1 N–H and O–H groups in total. The van der Waals surface area contributed by atoms with Crippen LogP contribution in [0, 0.1) is 0 Å². The van der Waals surface area contributed by atoms with Crippen LogP contribution in [0.25, 0.3) is 0 Å². The van der Waals surface area contributed by atoms with Crippen LogP contribution in [-0.2, 0) is 19.1 Å². The number of carbonyl (C=O) groups excluding carboxylic acids is 2. The average molecular weight is 863 g/mol. The van der Waals surface area contributed by atoms with Crippen LogP contribution in [0.1, 0.15) is 328 Å². The van der Waals surface area contributed by atoms with E-state index in [1.807, 2.05) is 0 Å². The number of unbranched alkanes of at least 4 members (excludes halogenated alkanes) is 45. The van der Waals surface area contributed by atoms with Crippen LogP contribution < -0.4 is 0 Å². The first-order valence-corrected chi connectivity index (χ1v) is 28.1. The summed E-state index contributed by atoms with van der Waals surface area (Å²) < 4.78 is 10.7. The van der Waals surface area contributed by atoms with Gasteiger partial charge in [-0.25, -0.2) is 0 Å². The Hall–Kier alpha value is -1.10. The third kappa shape index (κ3) is 51.4. The summed E-state index contributed by atoms with van der Waals surface area (Å²) in [6.45, 7) is 4.20. The van der Waals surface area contributed by atoms with Gasteiger partial charge in [0.1, 0.15) is 6.61 Å². The molecule has 5 heteroatoms. The highest BCUT2D eigenvalue weighted by Crippen LogP contribution is 2.18. The van der Waals surface area contributed by atoms with Gasteiger partial charge in [0.25, 0.3) is 0 Å². The lowest BCUT2D eigenvalue weighted by molar-refractivity contribution is -0.161. The Balaban J connectivity index is 3.37. The Morgan fingerprint density at radius 2 is 0.508 bits per heavy atom. The van der Waals surface area contributed by atoms with E-state index in [2.05, 4.69) is 13.8 Å². The molecule has 0 bridgehead atoms. The molecular weight excluding hydrogens is 753 g/mol. The maximum Gasteiger partial charge on any atom is 0.306 e. The number of ether oxygens (including phenoxy) is 2. The van der Waals surface area contributed by atoms with Crippen molar-refractivity contribution < 1.29 is 24.2 Å². The smallest absolute Gasteiger partial charge is 0.306 e. The summed E-state index contributed by atoms with van der Waals surface area (Å²) in [6.07, 6.45) is 63.7. The number of rotatable bonds is 53. The molecule has 0 heterocycles. The summed E-state index contributed by atoms with van der Waals surface area (Å²) in [6, 6.07) is 0. The lowest BCUT2D eigenvalue weighted by Crippen LogP contribution is -2.28. The fourth-order valence-electron chi connectivity index (χ4n) is 8.91. The fraction of sp³-hybridized carbons (Fsp3) is 0.964. The average Bonchev–Trinajstić information content (AvgIpc) is 3.26. The molecule has 0 aliphatic heterocycles. The van der Waals surface area contributed by atoms with Gasteiger partial charge in [-0.2, -0.15) is 0 Å². The maximum absolute atomic E-state index is 12.3. The standard InChI is InChI=1S/C56H110O5/c1-3-5-7-9-11-13-15-17-19-21-22-23-24-25-26-27-28-29-30-31-32-33-34-35-37-39-41-43-45-47-49-51-56(59)61-54(52-57)53-60-55(58)50-48-46-44-42-40-38-36-20-18-16-14-12-10-8-6-4-2/h54,57H,3-53H2,1-2H3. The van der Waals surface area contributed by atoms with Gasteiger partial charge < -0.3 is 14.6 Å². The molecule has 61 heavy (non-hydrogen) atoms. The topological polar surface area (TPSA) is 72.8 Å². The molecule has 364 valence electrons. The zero-order valence-corrected chi connectivity index (χ0v) is 41.7. The summed E-state index contributed by atoms with van der Waals surface area (Å²) in [4.78, 5) is 24.5. The number of carbonyl (C=O) groups is 2. The van der Waals surface area contributed by atoms with E-state index in [4.69, 9.17) is 9.47 Å². The second-order valence-electron chi connectivity index (χ2n) is 19.4. The Labute approximate surface area is 382 Å². The van der Waals surface area contributed by atoms with E-state index in [-0.39, 0.29) is 25.2 Å². The molecule has 0 spiro atoms. The van der Waals surface area contributed by atoms with Crippen molar-refractivity contribution in [2.45, 2.75) is 335 Å². The van der Waals surface area contributed by atoms with E-state index in [0.29, 0.717) is 12.8 Å². The van der Waals surface area contributed by atoms with Crippen LogP contribution in [-0.4, -0.2) is 36.4 Å². The zero-order valence-electron chi connectivity index (χ0n) is 41.7. The predicted molar refractivity (Wildman–Crippen MR) is 266 cm³/mol. The van der Waals surface area contributed by atoms with Crippen LogP contribution in [0.15, 0.2) is 0 Å². The fourth-order valence-corrected chi connectivity index (χ4v) is 8.91. The van der Waals surface area contributed by atoms with E-state index < -0.39 is 6.10 Å². The van der Waals surface area contributed by atoms with Crippen molar-refractivity contribution in [2.75, 3.05) is 13.2 Å². The summed E-state index contributed by atoms with van der Waals surface area (Å²) in [7, 11) is 0. The zero-order chi connectivity index (χ0) is 44.2. The van der Waals surface area contributed by atoms with Crippen LogP contribution in [0.2, 0.25) is 0 Å². The van der Waals surface area contributed by atoms with Gasteiger partial charge >= 0.3 is 11.9 Å². The highest BCUT2D eigenvalue weighted by atomic mass is 16.6. The molecule has 1 unspecified atom stereocenters. The lowest BCUT2D eigenvalue weighted by atomic mass is 10.0. The number of esters is 2. The summed E-state index contributed by atoms with van der Waals surface area (Å²) in [5, 5.41) is 9.63. The molecule has 0 rings (SSSR count). The first-order chi connectivity index (χ1) is 30.1. The Kier molecular flexibility index (Phi) is 52.3. The minimum Gasteiger partial charge on any atom is -0.462 e. The molecule has 0 amide bonds. The van der Waals surface area contributed by atoms with Crippen molar-refractivity contribution in [1.82, 2.24) is 0 Å². The highest BCUT2D eigenvalue weighted by molar-refractivity contribution is 5.70. The van der Waals surface area contributed by atoms with E-state index in [0.717, 1.165) is 32.1 Å². The second-order valence-corrected chi connectivity index (χ2v) is 19.4. The van der Waals surface area contributed by atoms with Crippen LogP contribution in [0.4, 0.5) is 0 Å². The number of hydrogen-bond acceptors (Lipinski definition) is 5. The molecular formula is C56H110O5.